The number of rotatable bonds is 3. The number of carbonyl (C=O) groups excluding carboxylic acids is 1. The lowest BCUT2D eigenvalue weighted by molar-refractivity contribution is -0.129. The molecule has 0 spiro atoms. The molecule has 10 heteroatoms. The molecule has 0 aliphatic carbocycles. The molecule has 0 saturated carbocycles. The summed E-state index contributed by atoms with van der Waals surface area (Å²) >= 11 is 4.98. The van der Waals surface area contributed by atoms with Crippen LogP contribution in [0.5, 0.6) is 11.5 Å². The van der Waals surface area contributed by atoms with Gasteiger partial charge in [0, 0.05) is 36.0 Å². The normalized spacial score (nSPS) is 14.7. The summed E-state index contributed by atoms with van der Waals surface area (Å²) in [6.45, 7) is 3.25. The van der Waals surface area contributed by atoms with Gasteiger partial charge in [-0.1, -0.05) is 23.5 Å². The van der Waals surface area contributed by atoms with Crippen LogP contribution >= 0.6 is 34.0 Å². The highest BCUT2D eigenvalue weighted by molar-refractivity contribution is 7.24. The monoisotopic (exact) mass is 506 g/mol. The van der Waals surface area contributed by atoms with Crippen molar-refractivity contribution < 1.29 is 14.3 Å². The van der Waals surface area contributed by atoms with E-state index in [0.29, 0.717) is 6.54 Å². The average Bonchev–Trinajstić information content (AvgIpc) is 3.59. The van der Waals surface area contributed by atoms with Crippen molar-refractivity contribution in [1.82, 2.24) is 14.9 Å². The molecule has 5 aromatic rings. The number of para-hydroxylation sites is 1. The Balaban J connectivity index is 1.33. The third kappa shape index (κ3) is 3.24. The lowest BCUT2D eigenvalue weighted by Crippen LogP contribution is -2.33. The van der Waals surface area contributed by atoms with Gasteiger partial charge in [-0.05, 0) is 24.1 Å². The average molecular weight is 507 g/mol. The number of thiazole rings is 2. The van der Waals surface area contributed by atoms with Crippen molar-refractivity contribution in [2.75, 3.05) is 18.7 Å². The van der Waals surface area contributed by atoms with E-state index in [9.17, 15) is 4.79 Å². The summed E-state index contributed by atoms with van der Waals surface area (Å²) in [7, 11) is 0. The second-order valence-corrected chi connectivity index (χ2v) is 11.4. The number of nitrogens with one attached hydrogen (secondary N) is 1. The molecule has 5 heterocycles. The van der Waals surface area contributed by atoms with Gasteiger partial charge >= 0.3 is 0 Å². The van der Waals surface area contributed by atoms with Crippen LogP contribution in [0.4, 0.5) is 10.1 Å². The molecule has 1 amide bonds. The molecule has 7 nitrogen and oxygen atoms in total. The van der Waals surface area contributed by atoms with E-state index in [1.165, 1.54) is 15.1 Å². The van der Waals surface area contributed by atoms with Crippen LogP contribution in [0.1, 0.15) is 17.4 Å². The van der Waals surface area contributed by atoms with Crippen molar-refractivity contribution >= 4 is 70.5 Å². The van der Waals surface area contributed by atoms with E-state index in [2.05, 4.69) is 17.4 Å². The fourth-order valence-corrected chi connectivity index (χ4v) is 7.75. The number of benzene rings is 2. The van der Waals surface area contributed by atoms with Crippen LogP contribution in [-0.2, 0) is 17.8 Å². The molecule has 0 fully saturated rings. The summed E-state index contributed by atoms with van der Waals surface area (Å²) in [6.07, 6.45) is 0.819. The summed E-state index contributed by atoms with van der Waals surface area (Å²) in [4.78, 5) is 24.9. The Morgan fingerprint density at radius 3 is 2.74 bits per heavy atom. The standard InChI is InChI=1S/C24H18N4O3S3/c1-12(29)28-7-6-13-20(10-28)33-23(21(13)22-25-14-4-2-3-5-18(14)32-22)27-24-26-15-8-16-17(31-11-30-16)9-19(15)34-24/h2-5,8-9H,6-7,10-11H2,1H3,(H,26,27). The first-order valence-corrected chi connectivity index (χ1v) is 13.3. The van der Waals surface area contributed by atoms with E-state index in [1.54, 1.807) is 40.9 Å². The third-order valence-corrected chi connectivity index (χ3v) is 9.23. The minimum absolute atomic E-state index is 0.110. The van der Waals surface area contributed by atoms with Gasteiger partial charge in [0.2, 0.25) is 12.7 Å². The number of ether oxygens (including phenoxy) is 2. The second kappa shape index (κ2) is 7.66. The zero-order valence-corrected chi connectivity index (χ0v) is 20.5. The van der Waals surface area contributed by atoms with Gasteiger partial charge in [-0.2, -0.15) is 0 Å². The quantitative estimate of drug-likeness (QED) is 0.323. The van der Waals surface area contributed by atoms with E-state index in [-0.39, 0.29) is 12.7 Å². The number of aromatic nitrogens is 2. The summed E-state index contributed by atoms with van der Waals surface area (Å²) in [5, 5.41) is 6.42. The number of anilines is 2. The van der Waals surface area contributed by atoms with Gasteiger partial charge in [-0.3, -0.25) is 4.79 Å². The Morgan fingerprint density at radius 1 is 1.03 bits per heavy atom. The topological polar surface area (TPSA) is 76.6 Å². The highest BCUT2D eigenvalue weighted by Crippen LogP contribution is 2.47. The van der Waals surface area contributed by atoms with Crippen molar-refractivity contribution in [3.05, 3.63) is 46.8 Å². The number of hydrogen-bond donors (Lipinski definition) is 1. The van der Waals surface area contributed by atoms with Gasteiger partial charge in [0.25, 0.3) is 0 Å². The minimum Gasteiger partial charge on any atom is -0.454 e. The Hall–Kier alpha value is -3.21. The lowest BCUT2D eigenvalue weighted by atomic mass is 10.0. The first-order chi connectivity index (χ1) is 16.6. The number of fused-ring (bicyclic) bond motifs is 4. The van der Waals surface area contributed by atoms with Gasteiger partial charge in [0.05, 0.1) is 27.0 Å². The number of hydrogen-bond acceptors (Lipinski definition) is 9. The molecule has 0 bridgehead atoms. The fourth-order valence-electron chi connectivity index (χ4n) is 4.43. The first-order valence-electron chi connectivity index (χ1n) is 10.9. The molecular weight excluding hydrogens is 488 g/mol. The maximum Gasteiger partial charge on any atom is 0.231 e. The molecule has 0 saturated heterocycles. The highest BCUT2D eigenvalue weighted by atomic mass is 32.1. The van der Waals surface area contributed by atoms with Gasteiger partial charge in [-0.25, -0.2) is 9.97 Å². The van der Waals surface area contributed by atoms with Crippen molar-refractivity contribution in [1.29, 1.82) is 0 Å². The lowest BCUT2D eigenvalue weighted by Gasteiger charge is -2.25. The number of nitrogens with zero attached hydrogens (tertiary/aromatic N) is 3. The predicted octanol–water partition coefficient (Wildman–Crippen LogP) is 6.01. The van der Waals surface area contributed by atoms with E-state index in [4.69, 9.17) is 19.4 Å². The van der Waals surface area contributed by atoms with Crippen LogP contribution in [0.25, 0.3) is 31.0 Å². The van der Waals surface area contributed by atoms with Gasteiger partial charge in [0.1, 0.15) is 10.0 Å². The second-order valence-electron chi connectivity index (χ2n) is 8.20. The van der Waals surface area contributed by atoms with Crippen molar-refractivity contribution in [2.45, 2.75) is 19.9 Å². The Morgan fingerprint density at radius 2 is 1.88 bits per heavy atom. The van der Waals surface area contributed by atoms with E-state index >= 15 is 0 Å². The number of amides is 1. The van der Waals surface area contributed by atoms with Crippen molar-refractivity contribution in [3.63, 3.8) is 0 Å². The Kier molecular flexibility index (Phi) is 4.55. The van der Waals surface area contributed by atoms with Crippen LogP contribution in [-0.4, -0.2) is 34.1 Å². The van der Waals surface area contributed by atoms with Crippen LogP contribution in [0, 0.1) is 0 Å². The van der Waals surface area contributed by atoms with Crippen LogP contribution in [0.15, 0.2) is 36.4 Å². The molecule has 2 aliphatic heterocycles. The SMILES string of the molecule is CC(=O)N1CCc2c(sc(Nc3nc4cc5c(cc4s3)OCO5)c2-c2nc3ccccc3s2)C1. The molecule has 1 N–H and O–H groups in total. The molecule has 34 heavy (non-hydrogen) atoms. The number of thiophene rings is 1. The zero-order valence-electron chi connectivity index (χ0n) is 18.1. The molecule has 3 aromatic heterocycles. The van der Waals surface area contributed by atoms with E-state index < -0.39 is 0 Å². The molecule has 2 aromatic carbocycles. The predicted molar refractivity (Wildman–Crippen MR) is 137 cm³/mol. The largest absolute Gasteiger partial charge is 0.454 e. The van der Waals surface area contributed by atoms with Gasteiger partial charge in [-0.15, -0.1) is 22.7 Å². The summed E-state index contributed by atoms with van der Waals surface area (Å²) in [6, 6.07) is 12.1. The molecule has 0 radical (unpaired) electrons. The van der Waals surface area contributed by atoms with Gasteiger partial charge < -0.3 is 19.7 Å². The molecule has 7 rings (SSSR count). The minimum atomic E-state index is 0.110. The zero-order chi connectivity index (χ0) is 22.8. The molecular formula is C24H18N4O3S3. The maximum atomic E-state index is 12.0. The molecule has 2 aliphatic rings. The van der Waals surface area contributed by atoms with E-state index in [1.807, 2.05) is 29.2 Å². The Labute approximate surface area is 206 Å². The van der Waals surface area contributed by atoms with E-state index in [0.717, 1.165) is 60.9 Å². The third-order valence-electron chi connectivity index (χ3n) is 6.11. The molecule has 0 atom stereocenters. The number of carbonyl (C=O) groups is 1. The maximum absolute atomic E-state index is 12.0. The smallest absolute Gasteiger partial charge is 0.231 e. The van der Waals surface area contributed by atoms with Crippen LogP contribution in [0.2, 0.25) is 0 Å². The summed E-state index contributed by atoms with van der Waals surface area (Å²) in [5.41, 5.74) is 4.30. The molecule has 170 valence electrons. The van der Waals surface area contributed by atoms with Crippen molar-refractivity contribution in [3.8, 4) is 22.1 Å². The molecule has 0 unspecified atom stereocenters. The van der Waals surface area contributed by atoms with Crippen LogP contribution in [0.3, 0.4) is 0 Å². The summed E-state index contributed by atoms with van der Waals surface area (Å²) < 4.78 is 13.2. The Bertz CT molecular complexity index is 1530. The van der Waals surface area contributed by atoms with Crippen LogP contribution < -0.4 is 14.8 Å². The first kappa shape index (κ1) is 20.2. The highest BCUT2D eigenvalue weighted by Gasteiger charge is 2.28. The van der Waals surface area contributed by atoms with Crippen molar-refractivity contribution in [2.24, 2.45) is 0 Å². The fraction of sp³-hybridized carbons (Fsp3) is 0.208. The summed E-state index contributed by atoms with van der Waals surface area (Å²) in [5.74, 6) is 1.60. The van der Waals surface area contributed by atoms with Gasteiger partial charge in [0.15, 0.2) is 16.6 Å².